The van der Waals surface area contributed by atoms with Crippen molar-refractivity contribution in [2.45, 2.75) is 64.0 Å². The van der Waals surface area contributed by atoms with Gasteiger partial charge >= 0.3 is 0 Å². The number of aromatic hydroxyl groups is 1. The Hall–Kier alpha value is -1.71. The summed E-state index contributed by atoms with van der Waals surface area (Å²) in [6.07, 6.45) is 8.01. The molecule has 0 aromatic heterocycles. The summed E-state index contributed by atoms with van der Waals surface area (Å²) in [6.45, 7) is 2.25. The second kappa shape index (κ2) is 6.81. The van der Waals surface area contributed by atoms with Crippen molar-refractivity contribution in [2.24, 2.45) is 5.92 Å². The average molecular weight is 317 g/mol. The minimum atomic E-state index is -0.0381. The molecular weight excluding hydrogens is 290 g/mol. The van der Waals surface area contributed by atoms with E-state index in [1.807, 2.05) is 0 Å². The molecule has 0 atom stereocenters. The quantitative estimate of drug-likeness (QED) is 0.894. The van der Waals surface area contributed by atoms with E-state index in [2.05, 4.69) is 11.8 Å². The van der Waals surface area contributed by atoms with Gasteiger partial charge in [0.25, 0.3) is 5.91 Å². The summed E-state index contributed by atoms with van der Waals surface area (Å²) in [5, 5.41) is 10.1. The first-order valence-electron chi connectivity index (χ1n) is 8.83. The Balaban J connectivity index is 1.80. The summed E-state index contributed by atoms with van der Waals surface area (Å²) in [5.74, 6) is 1.43. The first kappa shape index (κ1) is 16.2. The average Bonchev–Trinajstić information content (AvgIpc) is 3.41. The van der Waals surface area contributed by atoms with Crippen LogP contribution in [-0.2, 0) is 0 Å². The van der Waals surface area contributed by atoms with Gasteiger partial charge in [0.1, 0.15) is 11.5 Å². The fourth-order valence-electron chi connectivity index (χ4n) is 3.77. The van der Waals surface area contributed by atoms with Crippen molar-refractivity contribution in [1.29, 1.82) is 0 Å². The molecule has 1 N–H and O–H groups in total. The third-order valence-corrected chi connectivity index (χ3v) is 5.40. The molecule has 2 aliphatic rings. The normalized spacial score (nSPS) is 24.3. The monoisotopic (exact) mass is 317 g/mol. The number of ether oxygens (including phenoxy) is 1. The van der Waals surface area contributed by atoms with Crippen LogP contribution in [0.5, 0.6) is 11.5 Å². The van der Waals surface area contributed by atoms with Crippen LogP contribution in [0.1, 0.15) is 62.2 Å². The topological polar surface area (TPSA) is 49.8 Å². The number of phenolic OH excluding ortho intramolecular Hbond substituents is 1. The van der Waals surface area contributed by atoms with Gasteiger partial charge in [-0.05, 0) is 62.6 Å². The summed E-state index contributed by atoms with van der Waals surface area (Å²) in [5.41, 5.74) is 0.369. The van der Waals surface area contributed by atoms with Gasteiger partial charge in [0, 0.05) is 12.1 Å². The number of carbonyl (C=O) groups excluding carboxylic acids is 1. The number of hydrogen-bond donors (Lipinski definition) is 1. The number of methoxy groups -OCH3 is 1. The lowest BCUT2D eigenvalue weighted by molar-refractivity contribution is 0.0584. The summed E-state index contributed by atoms with van der Waals surface area (Å²) in [7, 11) is 1.57. The number of benzene rings is 1. The van der Waals surface area contributed by atoms with Gasteiger partial charge in [-0.15, -0.1) is 0 Å². The Morgan fingerprint density at radius 2 is 1.78 bits per heavy atom. The third kappa shape index (κ3) is 3.46. The lowest BCUT2D eigenvalue weighted by atomic mass is 9.83. The van der Waals surface area contributed by atoms with Crippen molar-refractivity contribution >= 4 is 5.91 Å². The van der Waals surface area contributed by atoms with Crippen molar-refractivity contribution in [1.82, 2.24) is 4.90 Å². The van der Waals surface area contributed by atoms with E-state index in [9.17, 15) is 9.90 Å². The highest BCUT2D eigenvalue weighted by Crippen LogP contribution is 2.38. The number of nitrogens with zero attached hydrogens (tertiary/aromatic N) is 1. The van der Waals surface area contributed by atoms with Gasteiger partial charge in [0.05, 0.1) is 12.7 Å². The molecule has 0 aliphatic heterocycles. The molecule has 1 amide bonds. The fraction of sp³-hybridized carbons (Fsp3) is 0.632. The molecule has 1 aromatic carbocycles. The number of carbonyl (C=O) groups is 1. The maximum atomic E-state index is 13.1. The van der Waals surface area contributed by atoms with Crippen LogP contribution >= 0.6 is 0 Å². The Kier molecular flexibility index (Phi) is 4.79. The molecule has 2 fully saturated rings. The zero-order valence-electron chi connectivity index (χ0n) is 14.1. The Morgan fingerprint density at radius 3 is 2.30 bits per heavy atom. The number of hydrogen-bond acceptors (Lipinski definition) is 3. The molecule has 0 radical (unpaired) electrons. The summed E-state index contributed by atoms with van der Waals surface area (Å²) < 4.78 is 5.21. The van der Waals surface area contributed by atoms with Crippen molar-refractivity contribution in [3.8, 4) is 11.5 Å². The minimum Gasteiger partial charge on any atom is -0.507 e. The van der Waals surface area contributed by atoms with E-state index in [0.717, 1.165) is 31.6 Å². The fourth-order valence-corrected chi connectivity index (χ4v) is 3.77. The van der Waals surface area contributed by atoms with E-state index < -0.39 is 0 Å². The molecule has 4 heteroatoms. The predicted molar refractivity (Wildman–Crippen MR) is 89.9 cm³/mol. The van der Waals surface area contributed by atoms with E-state index in [4.69, 9.17) is 4.74 Å². The zero-order valence-corrected chi connectivity index (χ0v) is 14.1. The molecule has 0 spiro atoms. The summed E-state index contributed by atoms with van der Waals surface area (Å²) >= 11 is 0. The number of phenols is 1. The minimum absolute atomic E-state index is 0.0381. The smallest absolute Gasteiger partial charge is 0.258 e. The molecular formula is C19H27NO3. The van der Waals surface area contributed by atoms with Gasteiger partial charge in [0.2, 0.25) is 0 Å². The maximum absolute atomic E-state index is 13.1. The molecule has 2 saturated carbocycles. The van der Waals surface area contributed by atoms with E-state index >= 15 is 0 Å². The molecule has 1 aromatic rings. The summed E-state index contributed by atoms with van der Waals surface area (Å²) in [6, 6.07) is 5.57. The van der Waals surface area contributed by atoms with Crippen LogP contribution in [0.2, 0.25) is 0 Å². The van der Waals surface area contributed by atoms with E-state index in [1.165, 1.54) is 19.3 Å². The molecule has 3 rings (SSSR count). The Morgan fingerprint density at radius 1 is 1.17 bits per heavy atom. The van der Waals surface area contributed by atoms with Crippen LogP contribution < -0.4 is 4.74 Å². The molecule has 4 nitrogen and oxygen atoms in total. The first-order valence-corrected chi connectivity index (χ1v) is 8.83. The van der Waals surface area contributed by atoms with Crippen LogP contribution in [-0.4, -0.2) is 35.1 Å². The lowest BCUT2D eigenvalue weighted by Gasteiger charge is -2.37. The van der Waals surface area contributed by atoms with E-state index in [-0.39, 0.29) is 11.7 Å². The molecule has 0 heterocycles. The van der Waals surface area contributed by atoms with Gasteiger partial charge in [-0.1, -0.05) is 13.3 Å². The van der Waals surface area contributed by atoms with Crippen LogP contribution in [0, 0.1) is 5.92 Å². The zero-order chi connectivity index (χ0) is 16.4. The Bertz CT molecular complexity index is 560. The van der Waals surface area contributed by atoms with Gasteiger partial charge in [-0.25, -0.2) is 0 Å². The maximum Gasteiger partial charge on any atom is 0.258 e. The van der Waals surface area contributed by atoms with Gasteiger partial charge < -0.3 is 14.7 Å². The SMILES string of the molecule is CCC1CCC(N(C(=O)c2cc(OC)ccc2O)C2CC2)CC1. The van der Waals surface area contributed by atoms with E-state index in [1.54, 1.807) is 25.3 Å². The molecule has 23 heavy (non-hydrogen) atoms. The summed E-state index contributed by atoms with van der Waals surface area (Å²) in [4.78, 5) is 15.1. The first-order chi connectivity index (χ1) is 11.1. The van der Waals surface area contributed by atoms with Crippen LogP contribution in [0.25, 0.3) is 0 Å². The van der Waals surface area contributed by atoms with Crippen LogP contribution in [0.15, 0.2) is 18.2 Å². The highest BCUT2D eigenvalue weighted by atomic mass is 16.5. The third-order valence-electron chi connectivity index (χ3n) is 5.40. The molecule has 0 saturated heterocycles. The predicted octanol–water partition coefficient (Wildman–Crippen LogP) is 3.97. The van der Waals surface area contributed by atoms with E-state index in [0.29, 0.717) is 23.4 Å². The molecule has 2 aliphatic carbocycles. The molecule has 0 unspecified atom stereocenters. The van der Waals surface area contributed by atoms with Gasteiger partial charge in [-0.2, -0.15) is 0 Å². The second-order valence-corrected chi connectivity index (χ2v) is 6.91. The van der Waals surface area contributed by atoms with Gasteiger partial charge in [-0.3, -0.25) is 4.79 Å². The molecule has 126 valence electrons. The van der Waals surface area contributed by atoms with Crippen LogP contribution in [0.3, 0.4) is 0 Å². The Labute approximate surface area is 138 Å². The lowest BCUT2D eigenvalue weighted by Crippen LogP contribution is -2.43. The van der Waals surface area contributed by atoms with Crippen molar-refractivity contribution in [3.05, 3.63) is 23.8 Å². The standard InChI is InChI=1S/C19H27NO3/c1-3-13-4-6-14(7-5-13)20(15-8-9-15)19(22)17-12-16(23-2)10-11-18(17)21/h10-15,21H,3-9H2,1-2H3. The number of rotatable bonds is 5. The highest BCUT2D eigenvalue weighted by Gasteiger charge is 2.39. The highest BCUT2D eigenvalue weighted by molar-refractivity contribution is 5.97. The number of amides is 1. The van der Waals surface area contributed by atoms with Crippen molar-refractivity contribution in [3.63, 3.8) is 0 Å². The van der Waals surface area contributed by atoms with Crippen LogP contribution in [0.4, 0.5) is 0 Å². The molecule has 0 bridgehead atoms. The van der Waals surface area contributed by atoms with Gasteiger partial charge in [0.15, 0.2) is 0 Å². The van der Waals surface area contributed by atoms with Crippen molar-refractivity contribution in [2.75, 3.05) is 7.11 Å². The van der Waals surface area contributed by atoms with Crippen molar-refractivity contribution < 1.29 is 14.6 Å². The largest absolute Gasteiger partial charge is 0.507 e. The second-order valence-electron chi connectivity index (χ2n) is 6.91.